The van der Waals surface area contributed by atoms with Crippen LogP contribution in [0.5, 0.6) is 0 Å². The second-order valence-electron chi connectivity index (χ2n) is 6.45. The Kier molecular flexibility index (Phi) is 6.55. The van der Waals surface area contributed by atoms with Gasteiger partial charge < -0.3 is 10.2 Å². The summed E-state index contributed by atoms with van der Waals surface area (Å²) in [7, 11) is 1.74. The minimum atomic E-state index is -0.129. The van der Waals surface area contributed by atoms with E-state index in [4.69, 9.17) is 0 Å². The summed E-state index contributed by atoms with van der Waals surface area (Å²) in [5.41, 5.74) is 3.00. The SMILES string of the molecule is CN(Cc1cccnc1)C(=O)c1cccc(NC(=O)Cc2ccc(Br)cc2)c1. The number of carbonyl (C=O) groups excluding carboxylic acids is 2. The third-order valence-electron chi connectivity index (χ3n) is 4.16. The third-order valence-corrected chi connectivity index (χ3v) is 4.69. The number of anilines is 1. The van der Waals surface area contributed by atoms with E-state index in [1.165, 1.54) is 0 Å². The van der Waals surface area contributed by atoms with Gasteiger partial charge in [-0.3, -0.25) is 14.6 Å². The predicted octanol–water partition coefficient (Wildman–Crippen LogP) is 4.30. The number of pyridine rings is 1. The Morgan fingerprint density at radius 1 is 1.04 bits per heavy atom. The van der Waals surface area contributed by atoms with Crippen molar-refractivity contribution in [3.05, 3.63) is 94.2 Å². The van der Waals surface area contributed by atoms with E-state index in [1.807, 2.05) is 36.4 Å². The first-order chi connectivity index (χ1) is 13.5. The van der Waals surface area contributed by atoms with Crippen LogP contribution in [0.15, 0.2) is 77.5 Å². The number of carbonyl (C=O) groups is 2. The molecule has 0 bridgehead atoms. The molecule has 0 aliphatic heterocycles. The van der Waals surface area contributed by atoms with Gasteiger partial charge in [-0.05, 0) is 47.5 Å². The topological polar surface area (TPSA) is 62.3 Å². The molecule has 0 saturated carbocycles. The summed E-state index contributed by atoms with van der Waals surface area (Å²) < 4.78 is 0.971. The molecule has 1 aromatic heterocycles. The highest BCUT2D eigenvalue weighted by Gasteiger charge is 2.13. The molecule has 0 aliphatic carbocycles. The van der Waals surface area contributed by atoms with Gasteiger partial charge in [0, 0.05) is 41.7 Å². The fourth-order valence-electron chi connectivity index (χ4n) is 2.78. The Balaban J connectivity index is 1.63. The van der Waals surface area contributed by atoms with Gasteiger partial charge in [0.25, 0.3) is 5.91 Å². The number of nitrogens with zero attached hydrogens (tertiary/aromatic N) is 2. The van der Waals surface area contributed by atoms with Crippen LogP contribution in [0.4, 0.5) is 5.69 Å². The molecule has 0 saturated heterocycles. The molecule has 1 N–H and O–H groups in total. The molecule has 3 aromatic rings. The summed E-state index contributed by atoms with van der Waals surface area (Å²) in [6.45, 7) is 0.465. The fourth-order valence-corrected chi connectivity index (χ4v) is 3.04. The Labute approximate surface area is 172 Å². The fraction of sp³-hybridized carbons (Fsp3) is 0.136. The lowest BCUT2D eigenvalue weighted by atomic mass is 10.1. The van der Waals surface area contributed by atoms with Crippen LogP contribution < -0.4 is 5.32 Å². The van der Waals surface area contributed by atoms with Crippen molar-refractivity contribution in [3.63, 3.8) is 0 Å². The number of benzene rings is 2. The van der Waals surface area contributed by atoms with E-state index in [2.05, 4.69) is 26.2 Å². The van der Waals surface area contributed by atoms with Crippen LogP contribution in [0, 0.1) is 0 Å². The molecule has 6 heteroatoms. The zero-order valence-corrected chi connectivity index (χ0v) is 17.0. The molecule has 0 atom stereocenters. The van der Waals surface area contributed by atoms with E-state index >= 15 is 0 Å². The zero-order valence-electron chi connectivity index (χ0n) is 15.4. The number of halogens is 1. The summed E-state index contributed by atoms with van der Waals surface area (Å²) >= 11 is 3.38. The van der Waals surface area contributed by atoms with Crippen molar-refractivity contribution in [2.75, 3.05) is 12.4 Å². The van der Waals surface area contributed by atoms with Crippen molar-refractivity contribution in [1.82, 2.24) is 9.88 Å². The Morgan fingerprint density at radius 2 is 1.82 bits per heavy atom. The second kappa shape index (κ2) is 9.28. The zero-order chi connectivity index (χ0) is 19.9. The lowest BCUT2D eigenvalue weighted by Crippen LogP contribution is -2.26. The van der Waals surface area contributed by atoms with Crippen LogP contribution in [-0.4, -0.2) is 28.7 Å². The molecule has 2 amide bonds. The van der Waals surface area contributed by atoms with E-state index in [-0.39, 0.29) is 18.2 Å². The molecule has 0 radical (unpaired) electrons. The van der Waals surface area contributed by atoms with Crippen molar-refractivity contribution < 1.29 is 9.59 Å². The van der Waals surface area contributed by atoms with E-state index in [0.29, 0.717) is 17.8 Å². The summed E-state index contributed by atoms with van der Waals surface area (Å²) in [4.78, 5) is 30.7. The Hall–Kier alpha value is -2.99. The molecule has 1 heterocycles. The highest BCUT2D eigenvalue weighted by atomic mass is 79.9. The van der Waals surface area contributed by atoms with Crippen LogP contribution in [0.25, 0.3) is 0 Å². The van der Waals surface area contributed by atoms with Gasteiger partial charge in [-0.25, -0.2) is 0 Å². The summed E-state index contributed by atoms with van der Waals surface area (Å²) in [5, 5.41) is 2.86. The molecule has 0 fully saturated rings. The Morgan fingerprint density at radius 3 is 2.54 bits per heavy atom. The molecule has 28 heavy (non-hydrogen) atoms. The smallest absolute Gasteiger partial charge is 0.253 e. The van der Waals surface area contributed by atoms with E-state index < -0.39 is 0 Å². The minimum absolute atomic E-state index is 0.118. The maximum atomic E-state index is 12.7. The van der Waals surface area contributed by atoms with E-state index in [1.54, 1.807) is 48.6 Å². The van der Waals surface area contributed by atoms with Crippen molar-refractivity contribution in [3.8, 4) is 0 Å². The summed E-state index contributed by atoms with van der Waals surface area (Å²) in [6.07, 6.45) is 3.71. The third kappa shape index (κ3) is 5.50. The van der Waals surface area contributed by atoms with Crippen LogP contribution >= 0.6 is 15.9 Å². The molecule has 5 nitrogen and oxygen atoms in total. The van der Waals surface area contributed by atoms with Gasteiger partial charge in [-0.15, -0.1) is 0 Å². The highest BCUT2D eigenvalue weighted by molar-refractivity contribution is 9.10. The number of hydrogen-bond donors (Lipinski definition) is 1. The van der Waals surface area contributed by atoms with E-state index in [0.717, 1.165) is 15.6 Å². The van der Waals surface area contributed by atoms with Crippen LogP contribution in [0.2, 0.25) is 0 Å². The molecule has 0 unspecified atom stereocenters. The van der Waals surface area contributed by atoms with Gasteiger partial charge in [0.05, 0.1) is 6.42 Å². The maximum Gasteiger partial charge on any atom is 0.253 e. The normalized spacial score (nSPS) is 10.4. The largest absolute Gasteiger partial charge is 0.337 e. The number of hydrogen-bond acceptors (Lipinski definition) is 3. The lowest BCUT2D eigenvalue weighted by molar-refractivity contribution is -0.115. The molecule has 0 aliphatic rings. The first kappa shape index (κ1) is 19.8. The molecular formula is C22H20BrN3O2. The van der Waals surface area contributed by atoms with Crippen molar-refractivity contribution in [1.29, 1.82) is 0 Å². The average molecular weight is 438 g/mol. The van der Waals surface area contributed by atoms with E-state index in [9.17, 15) is 9.59 Å². The van der Waals surface area contributed by atoms with Gasteiger partial charge in [0.2, 0.25) is 5.91 Å². The standard InChI is InChI=1S/C22H20BrN3O2/c1-26(15-17-4-3-11-24-14-17)22(28)18-5-2-6-20(13-18)25-21(27)12-16-7-9-19(23)10-8-16/h2-11,13-14H,12,15H2,1H3,(H,25,27). The molecule has 3 rings (SSSR count). The average Bonchev–Trinajstić information content (AvgIpc) is 2.70. The van der Waals surface area contributed by atoms with Gasteiger partial charge in [0.15, 0.2) is 0 Å². The quantitative estimate of drug-likeness (QED) is 0.625. The van der Waals surface area contributed by atoms with Gasteiger partial charge in [-0.2, -0.15) is 0 Å². The summed E-state index contributed by atoms with van der Waals surface area (Å²) in [6, 6.07) is 18.4. The number of amides is 2. The van der Waals surface area contributed by atoms with Gasteiger partial charge >= 0.3 is 0 Å². The molecule has 0 spiro atoms. The van der Waals surface area contributed by atoms with Gasteiger partial charge in [0.1, 0.15) is 0 Å². The van der Waals surface area contributed by atoms with Crippen molar-refractivity contribution >= 4 is 33.4 Å². The molecule has 2 aromatic carbocycles. The van der Waals surface area contributed by atoms with Crippen molar-refractivity contribution in [2.24, 2.45) is 0 Å². The lowest BCUT2D eigenvalue weighted by Gasteiger charge is -2.17. The Bertz CT molecular complexity index is 959. The van der Waals surface area contributed by atoms with Crippen molar-refractivity contribution in [2.45, 2.75) is 13.0 Å². The second-order valence-corrected chi connectivity index (χ2v) is 7.37. The monoisotopic (exact) mass is 437 g/mol. The van der Waals surface area contributed by atoms with Crippen LogP contribution in [0.3, 0.4) is 0 Å². The number of rotatable bonds is 6. The molecule has 142 valence electrons. The van der Waals surface area contributed by atoms with Gasteiger partial charge in [-0.1, -0.05) is 40.2 Å². The number of aromatic nitrogens is 1. The highest BCUT2D eigenvalue weighted by Crippen LogP contribution is 2.15. The number of nitrogens with one attached hydrogen (secondary N) is 1. The molecular weight excluding hydrogens is 418 g/mol. The van der Waals surface area contributed by atoms with Crippen LogP contribution in [0.1, 0.15) is 21.5 Å². The predicted molar refractivity (Wildman–Crippen MR) is 113 cm³/mol. The first-order valence-electron chi connectivity index (χ1n) is 8.80. The summed E-state index contributed by atoms with van der Waals surface area (Å²) in [5.74, 6) is -0.247. The minimum Gasteiger partial charge on any atom is -0.337 e. The van der Waals surface area contributed by atoms with Crippen LogP contribution in [-0.2, 0) is 17.8 Å². The maximum absolute atomic E-state index is 12.7. The first-order valence-corrected chi connectivity index (χ1v) is 9.59.